The van der Waals surface area contributed by atoms with Gasteiger partial charge in [-0.3, -0.25) is 10.1 Å². The van der Waals surface area contributed by atoms with Crippen molar-refractivity contribution in [3.63, 3.8) is 0 Å². The first-order valence-corrected chi connectivity index (χ1v) is 9.35. The molecule has 3 rings (SSSR count). The smallest absolute Gasteiger partial charge is 0.289 e. The Hall–Kier alpha value is -1.22. The highest BCUT2D eigenvalue weighted by Crippen LogP contribution is 2.34. The highest BCUT2D eigenvalue weighted by Gasteiger charge is 2.36. The molecule has 7 nitrogen and oxygen atoms in total. The summed E-state index contributed by atoms with van der Waals surface area (Å²) >= 11 is 5.97. The van der Waals surface area contributed by atoms with Crippen LogP contribution in [0, 0.1) is 17.0 Å². The van der Waals surface area contributed by atoms with Crippen molar-refractivity contribution in [3.05, 3.63) is 32.8 Å². The molecule has 0 radical (unpaired) electrons. The Morgan fingerprint density at radius 1 is 1.30 bits per heavy atom. The lowest BCUT2D eigenvalue weighted by atomic mass is 10.0. The number of nitro groups is 1. The number of sulfonamides is 1. The second-order valence-electron chi connectivity index (χ2n) is 6.28. The Bertz CT molecular complexity index is 741. The van der Waals surface area contributed by atoms with E-state index in [1.54, 1.807) is 6.92 Å². The van der Waals surface area contributed by atoms with Gasteiger partial charge in [0.05, 0.1) is 4.92 Å². The summed E-state index contributed by atoms with van der Waals surface area (Å²) in [6.07, 6.45) is 3.56. The third-order valence-electron chi connectivity index (χ3n) is 4.45. The summed E-state index contributed by atoms with van der Waals surface area (Å²) in [7, 11) is -3.90. The van der Waals surface area contributed by atoms with Crippen molar-refractivity contribution >= 4 is 27.3 Å². The van der Waals surface area contributed by atoms with E-state index in [0.29, 0.717) is 17.6 Å². The monoisotopic (exact) mass is 359 g/mol. The van der Waals surface area contributed by atoms with Crippen molar-refractivity contribution in [2.75, 3.05) is 0 Å². The molecular formula is C14H18ClN3O4S. The highest BCUT2D eigenvalue weighted by atomic mass is 35.5. The number of nitrogens with one attached hydrogen (secondary N) is 2. The average Bonchev–Trinajstić information content (AvgIpc) is 2.79. The molecule has 2 saturated heterocycles. The molecule has 9 heteroatoms. The lowest BCUT2D eigenvalue weighted by Crippen LogP contribution is -2.47. The largest absolute Gasteiger partial charge is 0.311 e. The van der Waals surface area contributed by atoms with E-state index >= 15 is 0 Å². The molecule has 2 aliphatic rings. The van der Waals surface area contributed by atoms with Gasteiger partial charge in [0.1, 0.15) is 9.92 Å². The molecule has 2 bridgehead atoms. The Morgan fingerprint density at radius 3 is 2.48 bits per heavy atom. The van der Waals surface area contributed by atoms with Crippen molar-refractivity contribution in [2.24, 2.45) is 0 Å². The first-order chi connectivity index (χ1) is 10.8. The summed E-state index contributed by atoms with van der Waals surface area (Å²) in [5, 5.41) is 14.1. The van der Waals surface area contributed by atoms with Gasteiger partial charge in [-0.05, 0) is 44.2 Å². The minimum absolute atomic E-state index is 0.172. The van der Waals surface area contributed by atoms with E-state index in [0.717, 1.165) is 25.7 Å². The Morgan fingerprint density at radius 2 is 1.91 bits per heavy atom. The van der Waals surface area contributed by atoms with Crippen LogP contribution in [0.25, 0.3) is 0 Å². The minimum Gasteiger partial charge on any atom is -0.311 e. The molecular weight excluding hydrogens is 342 g/mol. The predicted molar refractivity (Wildman–Crippen MR) is 86.1 cm³/mol. The Labute approximate surface area is 139 Å². The predicted octanol–water partition coefficient (Wildman–Crippen LogP) is 2.12. The number of rotatable bonds is 4. The van der Waals surface area contributed by atoms with Crippen LogP contribution in [-0.2, 0) is 10.0 Å². The van der Waals surface area contributed by atoms with Gasteiger partial charge in [0.2, 0.25) is 10.0 Å². The third-order valence-corrected chi connectivity index (χ3v) is 6.50. The normalized spacial score (nSPS) is 27.1. The molecule has 0 saturated carbocycles. The summed E-state index contributed by atoms with van der Waals surface area (Å²) < 4.78 is 28.0. The zero-order valence-corrected chi connectivity index (χ0v) is 14.2. The molecule has 2 atom stereocenters. The number of halogens is 1. The standard InChI is InChI=1S/C14H18ClN3O4S/c1-8-4-12(18(19)20)14(15)13(5-8)23(21,22)17-11-6-9-2-3-10(7-11)16-9/h4-5,9-11,16-17H,2-3,6-7H2,1H3. The first-order valence-electron chi connectivity index (χ1n) is 7.49. The third kappa shape index (κ3) is 3.35. The zero-order valence-electron chi connectivity index (χ0n) is 12.6. The molecule has 2 unspecified atom stereocenters. The van der Waals surface area contributed by atoms with E-state index in [1.165, 1.54) is 12.1 Å². The Balaban J connectivity index is 1.89. The zero-order chi connectivity index (χ0) is 16.8. The molecule has 23 heavy (non-hydrogen) atoms. The molecule has 2 aliphatic heterocycles. The van der Waals surface area contributed by atoms with E-state index < -0.39 is 20.6 Å². The van der Waals surface area contributed by atoms with Gasteiger partial charge in [0.25, 0.3) is 5.69 Å². The summed E-state index contributed by atoms with van der Waals surface area (Å²) in [6.45, 7) is 1.60. The number of benzene rings is 1. The van der Waals surface area contributed by atoms with Crippen molar-refractivity contribution in [2.45, 2.75) is 55.6 Å². The van der Waals surface area contributed by atoms with Gasteiger partial charge < -0.3 is 5.32 Å². The van der Waals surface area contributed by atoms with E-state index in [-0.39, 0.29) is 16.0 Å². The fourth-order valence-corrected chi connectivity index (χ4v) is 5.40. The van der Waals surface area contributed by atoms with Crippen LogP contribution >= 0.6 is 11.6 Å². The molecule has 0 aliphatic carbocycles. The Kier molecular flexibility index (Phi) is 4.35. The fraction of sp³-hybridized carbons (Fsp3) is 0.571. The summed E-state index contributed by atoms with van der Waals surface area (Å²) in [5.41, 5.74) is 0.0873. The number of piperidine rings is 1. The molecule has 2 heterocycles. The van der Waals surface area contributed by atoms with Gasteiger partial charge in [-0.15, -0.1) is 0 Å². The van der Waals surface area contributed by atoms with Crippen LogP contribution in [-0.4, -0.2) is 31.5 Å². The fourth-order valence-electron chi connectivity index (χ4n) is 3.48. The van der Waals surface area contributed by atoms with Crippen LogP contribution in [0.3, 0.4) is 0 Å². The highest BCUT2D eigenvalue weighted by molar-refractivity contribution is 7.89. The van der Waals surface area contributed by atoms with Crippen LogP contribution in [0.15, 0.2) is 17.0 Å². The van der Waals surface area contributed by atoms with Gasteiger partial charge in [-0.2, -0.15) is 0 Å². The number of hydrogen-bond donors (Lipinski definition) is 2. The maximum atomic E-state index is 12.6. The number of nitro benzene ring substituents is 1. The summed E-state index contributed by atoms with van der Waals surface area (Å²) in [4.78, 5) is 10.1. The second-order valence-corrected chi connectivity index (χ2v) is 8.34. The van der Waals surface area contributed by atoms with Crippen molar-refractivity contribution in [3.8, 4) is 0 Å². The van der Waals surface area contributed by atoms with Crippen molar-refractivity contribution < 1.29 is 13.3 Å². The van der Waals surface area contributed by atoms with E-state index in [2.05, 4.69) is 10.0 Å². The second kappa shape index (κ2) is 6.01. The maximum Gasteiger partial charge on any atom is 0.289 e. The van der Waals surface area contributed by atoms with Gasteiger partial charge in [0.15, 0.2) is 0 Å². The number of aryl methyl sites for hydroxylation is 1. The lowest BCUT2D eigenvalue weighted by molar-refractivity contribution is -0.385. The number of fused-ring (bicyclic) bond motifs is 2. The van der Waals surface area contributed by atoms with Crippen LogP contribution in [0.2, 0.25) is 5.02 Å². The van der Waals surface area contributed by atoms with Gasteiger partial charge in [-0.1, -0.05) is 11.6 Å². The van der Waals surface area contributed by atoms with Gasteiger partial charge in [-0.25, -0.2) is 13.1 Å². The van der Waals surface area contributed by atoms with Crippen molar-refractivity contribution in [1.82, 2.24) is 10.0 Å². The lowest BCUT2D eigenvalue weighted by Gasteiger charge is -2.29. The molecule has 0 spiro atoms. The molecule has 2 N–H and O–H groups in total. The molecule has 1 aromatic carbocycles. The van der Waals surface area contributed by atoms with E-state index in [9.17, 15) is 18.5 Å². The van der Waals surface area contributed by atoms with Crippen LogP contribution in [0.5, 0.6) is 0 Å². The van der Waals surface area contributed by atoms with Crippen LogP contribution in [0.4, 0.5) is 5.69 Å². The topological polar surface area (TPSA) is 101 Å². The van der Waals surface area contributed by atoms with E-state index in [1.807, 2.05) is 0 Å². The molecule has 1 aromatic rings. The molecule has 0 aromatic heterocycles. The number of hydrogen-bond acceptors (Lipinski definition) is 5. The van der Waals surface area contributed by atoms with E-state index in [4.69, 9.17) is 11.6 Å². The minimum atomic E-state index is -3.90. The maximum absolute atomic E-state index is 12.6. The summed E-state index contributed by atoms with van der Waals surface area (Å²) in [5.74, 6) is 0. The SMILES string of the molecule is Cc1cc([N+](=O)[O-])c(Cl)c(S(=O)(=O)NC2CC3CCC(C2)N3)c1. The van der Waals surface area contributed by atoms with Gasteiger partial charge in [0, 0.05) is 24.2 Å². The van der Waals surface area contributed by atoms with Gasteiger partial charge >= 0.3 is 0 Å². The average molecular weight is 360 g/mol. The molecule has 2 fully saturated rings. The molecule has 126 valence electrons. The number of nitrogens with zero attached hydrogens (tertiary/aromatic N) is 1. The van der Waals surface area contributed by atoms with Crippen LogP contribution < -0.4 is 10.0 Å². The quantitative estimate of drug-likeness (QED) is 0.633. The molecule has 0 amide bonds. The first kappa shape index (κ1) is 16.6. The summed E-state index contributed by atoms with van der Waals surface area (Å²) in [6, 6.07) is 3.14. The van der Waals surface area contributed by atoms with Crippen LogP contribution in [0.1, 0.15) is 31.2 Å². The van der Waals surface area contributed by atoms with Crippen molar-refractivity contribution in [1.29, 1.82) is 0 Å².